The maximum Gasteiger partial charge on any atom is 0.335 e. The van der Waals surface area contributed by atoms with E-state index in [1.54, 1.807) is 18.2 Å². The minimum atomic E-state index is -1.08. The second-order valence-corrected chi connectivity index (χ2v) is 10.3. The summed E-state index contributed by atoms with van der Waals surface area (Å²) in [6.45, 7) is 0. The second kappa shape index (κ2) is 11.8. The van der Waals surface area contributed by atoms with Crippen molar-refractivity contribution in [3.05, 3.63) is 117 Å². The predicted molar refractivity (Wildman–Crippen MR) is 156 cm³/mol. The number of halogens is 1. The van der Waals surface area contributed by atoms with Crippen LogP contribution in [0.3, 0.4) is 0 Å². The van der Waals surface area contributed by atoms with Crippen molar-refractivity contribution in [2.75, 3.05) is 12.4 Å². The molecule has 4 aromatic rings. The van der Waals surface area contributed by atoms with Crippen molar-refractivity contribution in [1.82, 2.24) is 4.57 Å². The van der Waals surface area contributed by atoms with E-state index >= 15 is 0 Å². The average Bonchev–Trinajstić information content (AvgIpc) is 3.82. The summed E-state index contributed by atoms with van der Waals surface area (Å²) in [6.07, 6.45) is 3.33. The van der Waals surface area contributed by atoms with Gasteiger partial charge in [0.05, 0.1) is 18.9 Å². The summed E-state index contributed by atoms with van der Waals surface area (Å²) in [5.74, 6) is -1.29. The van der Waals surface area contributed by atoms with Crippen LogP contribution in [0.2, 0.25) is 5.02 Å². The van der Waals surface area contributed by atoms with E-state index in [1.165, 1.54) is 48.2 Å². The molecule has 2 N–H and O–H groups in total. The van der Waals surface area contributed by atoms with Gasteiger partial charge in [0, 0.05) is 40.2 Å². The summed E-state index contributed by atoms with van der Waals surface area (Å²) >= 11 is 6.30. The van der Waals surface area contributed by atoms with Crippen LogP contribution in [-0.4, -0.2) is 34.4 Å². The number of nitrogens with one attached hydrogen (secondary N) is 1. The molecule has 41 heavy (non-hydrogen) atoms. The molecule has 1 unspecified atom stereocenters. The van der Waals surface area contributed by atoms with Gasteiger partial charge in [0.1, 0.15) is 11.8 Å². The van der Waals surface area contributed by atoms with Gasteiger partial charge in [-0.2, -0.15) is 0 Å². The highest BCUT2D eigenvalue weighted by Crippen LogP contribution is 2.39. The number of aromatic carboxylic acids is 1. The summed E-state index contributed by atoms with van der Waals surface area (Å²) in [4.78, 5) is 51.5. The molecule has 0 bridgehead atoms. The van der Waals surface area contributed by atoms with Crippen molar-refractivity contribution in [2.24, 2.45) is 5.92 Å². The first kappa shape index (κ1) is 27.9. The maximum absolute atomic E-state index is 13.6. The normalized spacial score (nSPS) is 13.3. The van der Waals surface area contributed by atoms with Crippen molar-refractivity contribution < 1.29 is 24.2 Å². The van der Waals surface area contributed by atoms with Gasteiger partial charge in [-0.15, -0.1) is 0 Å². The van der Waals surface area contributed by atoms with Gasteiger partial charge in [-0.3, -0.25) is 19.0 Å². The average molecular weight is 571 g/mol. The third-order valence-corrected chi connectivity index (χ3v) is 7.29. The van der Waals surface area contributed by atoms with Crippen molar-refractivity contribution in [3.63, 3.8) is 0 Å². The van der Waals surface area contributed by atoms with E-state index in [9.17, 15) is 24.3 Å². The summed E-state index contributed by atoms with van der Waals surface area (Å²) < 4.78 is 6.99. The third kappa shape index (κ3) is 6.23. The van der Waals surface area contributed by atoms with Crippen molar-refractivity contribution in [2.45, 2.75) is 25.3 Å². The van der Waals surface area contributed by atoms with E-state index in [4.69, 9.17) is 16.3 Å². The van der Waals surface area contributed by atoms with Gasteiger partial charge < -0.3 is 15.2 Å². The monoisotopic (exact) mass is 570 g/mol. The molecule has 1 saturated carbocycles. The van der Waals surface area contributed by atoms with Crippen LogP contribution in [0.25, 0.3) is 11.1 Å². The third-order valence-electron chi connectivity index (χ3n) is 7.06. The molecule has 1 aliphatic carbocycles. The van der Waals surface area contributed by atoms with Crippen molar-refractivity contribution in [3.8, 4) is 16.9 Å². The van der Waals surface area contributed by atoms with Gasteiger partial charge in [0.2, 0.25) is 5.91 Å². The molecule has 3 aromatic carbocycles. The van der Waals surface area contributed by atoms with E-state index in [-0.39, 0.29) is 23.7 Å². The fourth-order valence-electron chi connectivity index (χ4n) is 4.74. The van der Waals surface area contributed by atoms with Crippen LogP contribution < -0.4 is 15.6 Å². The zero-order valence-electron chi connectivity index (χ0n) is 22.2. The van der Waals surface area contributed by atoms with Crippen LogP contribution in [0.1, 0.15) is 45.2 Å². The fourth-order valence-corrected chi connectivity index (χ4v) is 4.91. The highest BCUT2D eigenvalue weighted by atomic mass is 35.5. The molecule has 0 aliphatic heterocycles. The molecule has 0 spiro atoms. The quantitative estimate of drug-likeness (QED) is 0.230. The highest BCUT2D eigenvalue weighted by molar-refractivity contribution is 6.31. The lowest BCUT2D eigenvalue weighted by molar-refractivity contribution is -0.119. The number of rotatable bonds is 10. The van der Waals surface area contributed by atoms with Gasteiger partial charge in [0.25, 0.3) is 5.56 Å². The number of nitrogens with zero attached hydrogens (tertiary/aromatic N) is 1. The number of carboxylic acid groups (broad SMARTS) is 1. The van der Waals surface area contributed by atoms with E-state index in [0.29, 0.717) is 33.1 Å². The Hall–Kier alpha value is -4.69. The summed E-state index contributed by atoms with van der Waals surface area (Å²) in [7, 11) is 1.46. The zero-order chi connectivity index (χ0) is 29.1. The molecule has 0 saturated heterocycles. The van der Waals surface area contributed by atoms with Gasteiger partial charge in [0.15, 0.2) is 5.78 Å². The number of methoxy groups -OCH3 is 1. The molecule has 1 heterocycles. The van der Waals surface area contributed by atoms with E-state index in [0.717, 1.165) is 18.4 Å². The van der Waals surface area contributed by atoms with Crippen LogP contribution in [-0.2, 0) is 11.2 Å². The number of hydrogen-bond donors (Lipinski definition) is 2. The zero-order valence-corrected chi connectivity index (χ0v) is 22.9. The maximum atomic E-state index is 13.6. The summed E-state index contributed by atoms with van der Waals surface area (Å²) in [5.41, 5.74) is 2.20. The van der Waals surface area contributed by atoms with Gasteiger partial charge in [-0.05, 0) is 66.4 Å². The van der Waals surface area contributed by atoms with Crippen LogP contribution in [0.5, 0.6) is 5.75 Å². The van der Waals surface area contributed by atoms with E-state index in [2.05, 4.69) is 5.32 Å². The molecule has 1 aromatic heterocycles. The number of anilines is 1. The predicted octanol–water partition coefficient (Wildman–Crippen LogP) is 5.89. The summed E-state index contributed by atoms with van der Waals surface area (Å²) in [5, 5.41) is 12.4. The molecule has 208 valence electrons. The standard InChI is InChI=1S/C32H27ClN2O6/c1-41-28-18-35(29(36)17-26(28)25-16-22(33)11-14-24(25)30(37)20-7-8-20)27(15-19-5-3-2-4-6-19)31(38)34-23-12-9-21(10-13-23)32(39)40/h2-6,9-14,16-18,20,27H,7-8,15H2,1H3,(H,34,38)(H,39,40). The molecule has 1 atom stereocenters. The Morgan fingerprint density at radius 3 is 2.34 bits per heavy atom. The summed E-state index contributed by atoms with van der Waals surface area (Å²) in [6, 6.07) is 20.4. The Morgan fingerprint density at radius 1 is 1.00 bits per heavy atom. The number of carbonyl (C=O) groups is 3. The first-order chi connectivity index (χ1) is 19.7. The Bertz CT molecular complexity index is 1680. The van der Waals surface area contributed by atoms with Crippen LogP contribution in [0.15, 0.2) is 89.9 Å². The van der Waals surface area contributed by atoms with Gasteiger partial charge in [-0.25, -0.2) is 4.79 Å². The number of hydrogen-bond acceptors (Lipinski definition) is 5. The number of ether oxygens (including phenoxy) is 1. The Balaban J connectivity index is 1.56. The number of aromatic nitrogens is 1. The van der Waals surface area contributed by atoms with E-state index in [1.807, 2.05) is 30.3 Å². The van der Waals surface area contributed by atoms with Crippen LogP contribution in [0.4, 0.5) is 5.69 Å². The Labute approximate surface area is 241 Å². The second-order valence-electron chi connectivity index (χ2n) is 9.91. The van der Waals surface area contributed by atoms with Crippen molar-refractivity contribution in [1.29, 1.82) is 0 Å². The molecular formula is C32H27ClN2O6. The molecule has 8 nitrogen and oxygen atoms in total. The smallest absolute Gasteiger partial charge is 0.335 e. The lowest BCUT2D eigenvalue weighted by Crippen LogP contribution is -2.34. The molecule has 1 aliphatic rings. The first-order valence-electron chi connectivity index (χ1n) is 13.1. The van der Waals surface area contributed by atoms with Crippen LogP contribution >= 0.6 is 11.6 Å². The van der Waals surface area contributed by atoms with Gasteiger partial charge >= 0.3 is 5.97 Å². The topological polar surface area (TPSA) is 115 Å². The minimum Gasteiger partial charge on any atom is -0.495 e. The highest BCUT2D eigenvalue weighted by Gasteiger charge is 2.33. The Morgan fingerprint density at radius 2 is 1.71 bits per heavy atom. The molecule has 0 radical (unpaired) electrons. The number of pyridine rings is 1. The van der Waals surface area contributed by atoms with Crippen molar-refractivity contribution >= 4 is 34.9 Å². The Kier molecular flexibility index (Phi) is 8.03. The number of Topliss-reactive ketones (excluding diaryl/α,β-unsaturated/α-hetero) is 1. The number of benzene rings is 3. The number of carbonyl (C=O) groups excluding carboxylic acids is 2. The molecule has 9 heteroatoms. The molecule has 5 rings (SSSR count). The molecular weight excluding hydrogens is 544 g/mol. The fraction of sp³-hybridized carbons (Fsp3) is 0.188. The largest absolute Gasteiger partial charge is 0.495 e. The number of amides is 1. The minimum absolute atomic E-state index is 0.00172. The lowest BCUT2D eigenvalue weighted by Gasteiger charge is -2.22. The van der Waals surface area contributed by atoms with Crippen LogP contribution in [0, 0.1) is 5.92 Å². The SMILES string of the molecule is COc1cn(C(Cc2ccccc2)C(=O)Nc2ccc(C(=O)O)cc2)c(=O)cc1-c1cc(Cl)ccc1C(=O)C1CC1. The first-order valence-corrected chi connectivity index (χ1v) is 13.5. The number of carboxylic acids is 1. The molecule has 1 fully saturated rings. The lowest BCUT2D eigenvalue weighted by atomic mass is 9.95. The number of ketones is 1. The molecule has 1 amide bonds. The van der Waals surface area contributed by atoms with Gasteiger partial charge in [-0.1, -0.05) is 41.9 Å². The van der Waals surface area contributed by atoms with E-state index < -0.39 is 23.5 Å².